The zero-order chi connectivity index (χ0) is 26.6. The second kappa shape index (κ2) is 10.4. The Morgan fingerprint density at radius 3 is 2.22 bits per heavy atom. The third-order valence-corrected chi connectivity index (χ3v) is 4.37. The van der Waals surface area contributed by atoms with Crippen LogP contribution in [0.25, 0.3) is 0 Å². The fourth-order valence-corrected chi connectivity index (χ4v) is 2.86. The summed E-state index contributed by atoms with van der Waals surface area (Å²) in [4.78, 5) is 28.2. The van der Waals surface area contributed by atoms with E-state index in [9.17, 15) is 35.9 Å². The van der Waals surface area contributed by atoms with Gasteiger partial charge in [-0.2, -0.15) is 4.39 Å². The monoisotopic (exact) mass is 516 g/mol. The van der Waals surface area contributed by atoms with E-state index in [1.54, 1.807) is 0 Å². The first-order valence-corrected chi connectivity index (χ1v) is 9.59. The van der Waals surface area contributed by atoms with Crippen LogP contribution in [0.4, 0.5) is 32.0 Å². The molecular formula is C22H14F6N2O6. The van der Waals surface area contributed by atoms with Gasteiger partial charge in [0.15, 0.2) is 23.1 Å². The fraction of sp³-hybridized carbons (Fsp3) is 0.136. The molecule has 14 heteroatoms. The summed E-state index contributed by atoms with van der Waals surface area (Å²) in [5.74, 6) is -10.1. The van der Waals surface area contributed by atoms with Crippen LogP contribution in [0.1, 0.15) is 20.8 Å². The Kier molecular flexibility index (Phi) is 7.56. The molecule has 0 atom stereocenters. The number of hydrogen-bond acceptors (Lipinski definition) is 7. The topological polar surface area (TPSA) is 96.0 Å². The number of rotatable bonds is 7. The minimum atomic E-state index is -5.21. The molecule has 0 aliphatic rings. The Labute approximate surface area is 198 Å². The van der Waals surface area contributed by atoms with Crippen molar-refractivity contribution in [3.05, 3.63) is 71.3 Å². The number of carbonyl (C=O) groups is 2. The first-order valence-electron chi connectivity index (χ1n) is 9.59. The van der Waals surface area contributed by atoms with Crippen LogP contribution in [-0.2, 0) is 4.74 Å². The lowest BCUT2D eigenvalue weighted by Gasteiger charge is -2.17. The van der Waals surface area contributed by atoms with Gasteiger partial charge in [0.05, 0.1) is 14.2 Å². The van der Waals surface area contributed by atoms with Crippen molar-refractivity contribution in [2.45, 2.75) is 6.36 Å². The lowest BCUT2D eigenvalue weighted by Crippen LogP contribution is -2.18. The van der Waals surface area contributed by atoms with Crippen molar-refractivity contribution in [2.24, 2.45) is 0 Å². The number of carbonyl (C=O) groups excluding carboxylic acids is 2. The van der Waals surface area contributed by atoms with Crippen molar-refractivity contribution in [1.82, 2.24) is 4.98 Å². The highest BCUT2D eigenvalue weighted by Crippen LogP contribution is 2.41. The second-order valence-corrected chi connectivity index (χ2v) is 6.67. The Morgan fingerprint density at radius 1 is 0.917 bits per heavy atom. The summed E-state index contributed by atoms with van der Waals surface area (Å²) in [6.45, 7) is 0. The smallest absolute Gasteiger partial charge is 0.490 e. The molecule has 3 aromatic rings. The molecule has 1 heterocycles. The predicted molar refractivity (Wildman–Crippen MR) is 110 cm³/mol. The molecule has 190 valence electrons. The normalized spacial score (nSPS) is 11.0. The van der Waals surface area contributed by atoms with E-state index in [1.165, 1.54) is 6.07 Å². The number of nitrogens with zero attached hydrogens (tertiary/aromatic N) is 1. The number of ether oxygens (including phenoxy) is 4. The summed E-state index contributed by atoms with van der Waals surface area (Å²) >= 11 is 0. The molecular weight excluding hydrogens is 502 g/mol. The maximum Gasteiger partial charge on any atom is 0.573 e. The maximum absolute atomic E-state index is 14.6. The fourth-order valence-electron chi connectivity index (χ4n) is 2.86. The lowest BCUT2D eigenvalue weighted by atomic mass is 10.1. The van der Waals surface area contributed by atoms with Gasteiger partial charge in [0.1, 0.15) is 17.0 Å². The Balaban J connectivity index is 1.98. The molecule has 0 saturated heterocycles. The molecule has 0 radical (unpaired) electrons. The minimum absolute atomic E-state index is 0.0534. The maximum atomic E-state index is 14.6. The molecule has 0 aliphatic carbocycles. The van der Waals surface area contributed by atoms with E-state index in [4.69, 9.17) is 9.47 Å². The van der Waals surface area contributed by atoms with Gasteiger partial charge in [-0.1, -0.05) is 0 Å². The number of anilines is 1. The minimum Gasteiger partial charge on any atom is -0.490 e. The van der Waals surface area contributed by atoms with Gasteiger partial charge in [-0.05, 0) is 36.4 Å². The van der Waals surface area contributed by atoms with Crippen molar-refractivity contribution in [2.75, 3.05) is 19.5 Å². The molecule has 0 spiro atoms. The summed E-state index contributed by atoms with van der Waals surface area (Å²) < 4.78 is 98.7. The molecule has 0 bridgehead atoms. The first-order chi connectivity index (χ1) is 16.9. The number of nitrogens with one attached hydrogen (secondary N) is 1. The van der Waals surface area contributed by atoms with Crippen LogP contribution < -0.4 is 19.5 Å². The van der Waals surface area contributed by atoms with Crippen LogP contribution in [0, 0.1) is 17.5 Å². The highest BCUT2D eigenvalue weighted by atomic mass is 19.4. The first kappa shape index (κ1) is 26.1. The number of aromatic nitrogens is 1. The number of amides is 1. The molecule has 0 fully saturated rings. The van der Waals surface area contributed by atoms with E-state index in [0.29, 0.717) is 12.1 Å². The van der Waals surface area contributed by atoms with Crippen molar-refractivity contribution in [3.63, 3.8) is 0 Å². The van der Waals surface area contributed by atoms with Crippen molar-refractivity contribution in [3.8, 4) is 23.0 Å². The van der Waals surface area contributed by atoms with E-state index >= 15 is 0 Å². The Bertz CT molecular complexity index is 1310. The van der Waals surface area contributed by atoms with Crippen molar-refractivity contribution < 1.29 is 54.9 Å². The largest absolute Gasteiger partial charge is 0.573 e. The second-order valence-electron chi connectivity index (χ2n) is 6.67. The Morgan fingerprint density at radius 2 is 1.58 bits per heavy atom. The van der Waals surface area contributed by atoms with Gasteiger partial charge in [0.2, 0.25) is 11.6 Å². The molecule has 0 aliphatic heterocycles. The number of benzene rings is 2. The molecule has 1 N–H and O–H groups in total. The predicted octanol–water partition coefficient (Wildman–Crippen LogP) is 5.24. The Hall–Kier alpha value is -4.49. The molecule has 36 heavy (non-hydrogen) atoms. The van der Waals surface area contributed by atoms with E-state index < -0.39 is 64.3 Å². The molecule has 0 unspecified atom stereocenters. The number of halogens is 6. The van der Waals surface area contributed by atoms with Gasteiger partial charge >= 0.3 is 12.3 Å². The van der Waals surface area contributed by atoms with Gasteiger partial charge < -0.3 is 24.3 Å². The molecule has 0 saturated carbocycles. The summed E-state index contributed by atoms with van der Waals surface area (Å²) in [5, 5.41) is 2.22. The number of pyridine rings is 1. The summed E-state index contributed by atoms with van der Waals surface area (Å²) in [6.07, 6.45) is -4.07. The van der Waals surface area contributed by atoms with Crippen LogP contribution in [0.5, 0.6) is 23.0 Å². The van der Waals surface area contributed by atoms with E-state index in [-0.39, 0.29) is 11.4 Å². The van der Waals surface area contributed by atoms with Gasteiger partial charge in [0.25, 0.3) is 5.91 Å². The standard InChI is InChI=1S/C22H14F6N2O6/c1-33-19-15(6-5-14(18(19)25)36-22(26,27)28)35-13-4-3-11(23)17(24)16(13)20(31)30-10-7-8-29-12(9-10)21(32)34-2/h3-9H,1-2H3,(H,29,30,31). The zero-order valence-corrected chi connectivity index (χ0v) is 18.2. The molecule has 3 rings (SSSR count). The number of methoxy groups -OCH3 is 2. The molecule has 8 nitrogen and oxygen atoms in total. The average molecular weight is 516 g/mol. The molecule has 1 aromatic heterocycles. The average Bonchev–Trinajstić information content (AvgIpc) is 2.82. The van der Waals surface area contributed by atoms with Crippen LogP contribution in [0.2, 0.25) is 0 Å². The van der Waals surface area contributed by atoms with E-state index in [1.807, 2.05) is 0 Å². The third kappa shape index (κ3) is 5.76. The lowest BCUT2D eigenvalue weighted by molar-refractivity contribution is -0.275. The van der Waals surface area contributed by atoms with Crippen LogP contribution >= 0.6 is 0 Å². The van der Waals surface area contributed by atoms with Crippen molar-refractivity contribution in [1.29, 1.82) is 0 Å². The van der Waals surface area contributed by atoms with Crippen LogP contribution in [-0.4, -0.2) is 37.4 Å². The third-order valence-electron chi connectivity index (χ3n) is 4.37. The number of hydrogen-bond donors (Lipinski definition) is 1. The summed E-state index contributed by atoms with van der Waals surface area (Å²) in [6, 6.07) is 5.13. The van der Waals surface area contributed by atoms with E-state index in [0.717, 1.165) is 38.6 Å². The van der Waals surface area contributed by atoms with Gasteiger partial charge in [-0.25, -0.2) is 18.6 Å². The quantitative estimate of drug-likeness (QED) is 0.339. The molecule has 1 amide bonds. The van der Waals surface area contributed by atoms with Crippen LogP contribution in [0.3, 0.4) is 0 Å². The van der Waals surface area contributed by atoms with Gasteiger partial charge in [-0.3, -0.25) is 4.79 Å². The van der Waals surface area contributed by atoms with E-state index in [2.05, 4.69) is 19.8 Å². The van der Waals surface area contributed by atoms with Crippen LogP contribution in [0.15, 0.2) is 42.6 Å². The zero-order valence-electron chi connectivity index (χ0n) is 18.2. The number of esters is 1. The van der Waals surface area contributed by atoms with Gasteiger partial charge in [0, 0.05) is 11.9 Å². The van der Waals surface area contributed by atoms with Crippen molar-refractivity contribution >= 4 is 17.6 Å². The molecule has 2 aromatic carbocycles. The highest BCUT2D eigenvalue weighted by molar-refractivity contribution is 6.06. The SMILES string of the molecule is COC(=O)c1cc(NC(=O)c2c(Oc3ccc(OC(F)(F)F)c(F)c3OC)ccc(F)c2F)ccn1. The summed E-state index contributed by atoms with van der Waals surface area (Å²) in [5.41, 5.74) is -1.24. The highest BCUT2D eigenvalue weighted by Gasteiger charge is 2.34. The van der Waals surface area contributed by atoms with Gasteiger partial charge in [-0.15, -0.1) is 13.2 Å². The number of alkyl halides is 3. The summed E-state index contributed by atoms with van der Waals surface area (Å²) in [7, 11) is 2.00.